The Morgan fingerprint density at radius 1 is 0.412 bits per heavy atom. The average molecular weight is 658 g/mol. The Kier molecular flexibility index (Phi) is 4.67. The molecule has 0 aliphatic heterocycles. The molecule has 0 saturated heterocycles. The monoisotopic (exact) mass is 657 g/mol. The van der Waals surface area contributed by atoms with Gasteiger partial charge in [0.15, 0.2) is 5.58 Å². The molecule has 0 bridgehead atoms. The van der Waals surface area contributed by atoms with Gasteiger partial charge in [0.25, 0.3) is 0 Å². The van der Waals surface area contributed by atoms with E-state index < -0.39 is 12.1 Å². The molecule has 0 fully saturated rings. The summed E-state index contributed by atoms with van der Waals surface area (Å²) in [5, 5.41) is 3.84. The van der Waals surface area contributed by atoms with Gasteiger partial charge in [-0.1, -0.05) is 121 Å². The van der Waals surface area contributed by atoms with E-state index in [1.165, 1.54) is 0 Å². The Morgan fingerprint density at radius 3 is 2.06 bits per heavy atom. The number of aromatic nitrogens is 2. The number of nitrogens with zero attached hydrogens (tertiary/aromatic N) is 2. The van der Waals surface area contributed by atoms with Crippen molar-refractivity contribution >= 4 is 65.6 Å². The van der Waals surface area contributed by atoms with Crippen molar-refractivity contribution in [1.82, 2.24) is 9.13 Å². The van der Waals surface area contributed by atoms with Crippen LogP contribution in [0.4, 0.5) is 0 Å². The van der Waals surface area contributed by atoms with Crippen LogP contribution in [0.15, 0.2) is 186 Å². The maximum absolute atomic E-state index is 9.85. The van der Waals surface area contributed by atoms with Gasteiger partial charge in [0.1, 0.15) is 5.58 Å². The quantitative estimate of drug-likeness (QED) is 0.185. The van der Waals surface area contributed by atoms with E-state index in [9.17, 15) is 6.85 Å². The number of hydrogen-bond acceptors (Lipinski definition) is 1. The Hall–Kier alpha value is -6.84. The zero-order valence-corrected chi connectivity index (χ0v) is 27.1. The van der Waals surface area contributed by atoms with Crippen LogP contribution in [0.1, 0.15) is 9.60 Å². The Balaban J connectivity index is 1.23. The smallest absolute Gasteiger partial charge is 0.159 e. The van der Waals surface area contributed by atoms with Crippen LogP contribution in [0.25, 0.3) is 99.2 Å². The Morgan fingerprint density at radius 2 is 1.16 bits per heavy atom. The highest BCUT2D eigenvalue weighted by Crippen LogP contribution is 2.41. The van der Waals surface area contributed by atoms with E-state index in [1.807, 2.05) is 91.0 Å². The number of para-hydroxylation sites is 4. The molecule has 0 unspecified atom stereocenters. The van der Waals surface area contributed by atoms with E-state index >= 15 is 0 Å². The highest BCUT2D eigenvalue weighted by molar-refractivity contribution is 6.14. The van der Waals surface area contributed by atoms with Crippen molar-refractivity contribution < 1.29 is 14.0 Å². The van der Waals surface area contributed by atoms with E-state index in [-0.39, 0.29) is 57.6 Å². The lowest BCUT2D eigenvalue weighted by molar-refractivity contribution is 0.666. The number of benzene rings is 8. The predicted molar refractivity (Wildman–Crippen MR) is 213 cm³/mol. The van der Waals surface area contributed by atoms with E-state index in [1.54, 1.807) is 10.6 Å². The zero-order chi connectivity index (χ0) is 39.6. The second-order valence-electron chi connectivity index (χ2n) is 12.8. The second-order valence-corrected chi connectivity index (χ2v) is 12.8. The molecule has 0 aliphatic rings. The maximum atomic E-state index is 9.85. The summed E-state index contributed by atoms with van der Waals surface area (Å²) in [7, 11) is 0. The largest absolute Gasteiger partial charge is 0.454 e. The minimum absolute atomic E-state index is 0.0981. The van der Waals surface area contributed by atoms with Crippen LogP contribution in [-0.4, -0.2) is 9.13 Å². The standard InChI is InChI=1S/C48H30N2O/c1-3-12-31(13-4-1)34-22-25-37-41-29-32(23-26-43(41)49(46(37)30-34)35-14-5-2-6-15-35)33-24-27-44-40(28-33)36-16-7-9-19-42(36)50(44)45-20-11-18-39-38-17-8-10-21-47(38)51-48(39)45/h1-30H/i7D,9D,16D,19D,24D,27D,28D. The summed E-state index contributed by atoms with van der Waals surface area (Å²) in [6.45, 7) is 0. The lowest BCUT2D eigenvalue weighted by Gasteiger charge is -2.10. The van der Waals surface area contributed by atoms with E-state index in [0.29, 0.717) is 22.4 Å². The third-order valence-electron chi connectivity index (χ3n) is 9.96. The van der Waals surface area contributed by atoms with Crippen molar-refractivity contribution in [3.63, 3.8) is 0 Å². The van der Waals surface area contributed by atoms with Crippen LogP contribution in [0.5, 0.6) is 0 Å². The van der Waals surface area contributed by atoms with Gasteiger partial charge in [0.2, 0.25) is 0 Å². The minimum Gasteiger partial charge on any atom is -0.454 e. The van der Waals surface area contributed by atoms with Crippen LogP contribution in [-0.2, 0) is 0 Å². The van der Waals surface area contributed by atoms with Gasteiger partial charge in [-0.3, -0.25) is 0 Å². The second kappa shape index (κ2) is 10.8. The van der Waals surface area contributed by atoms with Crippen molar-refractivity contribution in [3.05, 3.63) is 182 Å². The number of furan rings is 1. The first-order chi connectivity index (χ1) is 28.2. The molecule has 0 saturated carbocycles. The highest BCUT2D eigenvalue weighted by atomic mass is 16.3. The molecule has 0 spiro atoms. The molecule has 0 radical (unpaired) electrons. The van der Waals surface area contributed by atoms with Gasteiger partial charge >= 0.3 is 0 Å². The molecule has 11 rings (SSSR count). The molecule has 3 heteroatoms. The number of hydrogen-bond donors (Lipinski definition) is 0. The van der Waals surface area contributed by atoms with E-state index in [0.717, 1.165) is 49.4 Å². The first-order valence-corrected chi connectivity index (χ1v) is 16.9. The minimum atomic E-state index is -0.439. The Labute approximate surface area is 303 Å². The molecule has 0 N–H and O–H groups in total. The fourth-order valence-corrected chi connectivity index (χ4v) is 7.65. The fourth-order valence-electron chi connectivity index (χ4n) is 7.65. The molecule has 11 aromatic rings. The van der Waals surface area contributed by atoms with Crippen molar-refractivity contribution in [1.29, 1.82) is 0 Å². The van der Waals surface area contributed by atoms with Gasteiger partial charge in [0.05, 0.1) is 37.3 Å². The zero-order valence-electron chi connectivity index (χ0n) is 34.1. The van der Waals surface area contributed by atoms with Crippen LogP contribution in [0, 0.1) is 0 Å². The summed E-state index contributed by atoms with van der Waals surface area (Å²) >= 11 is 0. The average Bonchev–Trinajstić information content (AvgIpc) is 3.93. The van der Waals surface area contributed by atoms with Crippen LogP contribution < -0.4 is 0 Å². The Bertz CT molecular complexity index is 3530. The number of rotatable bonds is 4. The van der Waals surface area contributed by atoms with E-state index in [2.05, 4.69) is 47.0 Å². The molecule has 8 aromatic carbocycles. The molecule has 0 amide bonds. The van der Waals surface area contributed by atoms with Gasteiger partial charge in [-0.25, -0.2) is 0 Å². The summed E-state index contributed by atoms with van der Waals surface area (Å²) in [4.78, 5) is 0. The van der Waals surface area contributed by atoms with Crippen molar-refractivity contribution in [2.24, 2.45) is 0 Å². The third-order valence-corrected chi connectivity index (χ3v) is 9.96. The SMILES string of the molecule is [2H]c1c([2H])c([2H])c2c(c1[2H])c1c([2H])c(-c3ccc4c(c3)c3ccc(-c5ccccc5)cc3n4-c3ccccc3)c([2H])c([2H])c1n2-c1cccc2c1oc1ccccc12. The molecule has 0 aliphatic carbocycles. The predicted octanol–water partition coefficient (Wildman–Crippen LogP) is 13.1. The molecule has 0 atom stereocenters. The first kappa shape index (κ1) is 22.0. The van der Waals surface area contributed by atoms with Gasteiger partial charge in [0, 0.05) is 38.0 Å². The van der Waals surface area contributed by atoms with Crippen LogP contribution in [0.3, 0.4) is 0 Å². The van der Waals surface area contributed by atoms with Crippen molar-refractivity contribution in [2.75, 3.05) is 0 Å². The maximum Gasteiger partial charge on any atom is 0.159 e. The highest BCUT2D eigenvalue weighted by Gasteiger charge is 2.19. The lowest BCUT2D eigenvalue weighted by Crippen LogP contribution is -1.94. The van der Waals surface area contributed by atoms with Gasteiger partial charge < -0.3 is 13.6 Å². The molecule has 3 nitrogen and oxygen atoms in total. The summed E-state index contributed by atoms with van der Waals surface area (Å²) in [5.41, 5.74) is 7.65. The fraction of sp³-hybridized carbons (Fsp3) is 0. The molecular weight excluding hydrogens is 621 g/mol. The van der Waals surface area contributed by atoms with Gasteiger partial charge in [-0.2, -0.15) is 0 Å². The summed E-state index contributed by atoms with van der Waals surface area (Å²) in [6.07, 6.45) is 0. The van der Waals surface area contributed by atoms with Gasteiger partial charge in [-0.15, -0.1) is 0 Å². The summed E-state index contributed by atoms with van der Waals surface area (Å²) < 4.78 is 74.9. The summed E-state index contributed by atoms with van der Waals surface area (Å²) in [6, 6.07) is 43.7. The number of fused-ring (bicyclic) bond motifs is 9. The third kappa shape index (κ3) is 4.19. The summed E-state index contributed by atoms with van der Waals surface area (Å²) in [5.74, 6) is 0. The molecule has 238 valence electrons. The topological polar surface area (TPSA) is 23.0 Å². The molecule has 51 heavy (non-hydrogen) atoms. The van der Waals surface area contributed by atoms with Crippen LogP contribution in [0.2, 0.25) is 0 Å². The van der Waals surface area contributed by atoms with Crippen LogP contribution >= 0.6 is 0 Å². The lowest BCUT2D eigenvalue weighted by atomic mass is 9.99. The first-order valence-electron chi connectivity index (χ1n) is 20.4. The van der Waals surface area contributed by atoms with Gasteiger partial charge in [-0.05, 0) is 82.8 Å². The molecule has 3 aromatic heterocycles. The normalized spacial score (nSPS) is 13.8. The van der Waals surface area contributed by atoms with Crippen molar-refractivity contribution in [3.8, 4) is 33.6 Å². The van der Waals surface area contributed by atoms with Crippen molar-refractivity contribution in [2.45, 2.75) is 0 Å². The molecule has 3 heterocycles. The van der Waals surface area contributed by atoms with E-state index in [4.69, 9.17) is 7.16 Å². The molecular formula is C48H30N2O.